The number of nitrogens with zero attached hydrogens (tertiary/aromatic N) is 2. The Morgan fingerprint density at radius 3 is 2.36 bits per heavy atom. The molecule has 140 valence electrons. The van der Waals surface area contributed by atoms with E-state index in [4.69, 9.17) is 10.5 Å². The van der Waals surface area contributed by atoms with Gasteiger partial charge in [-0.1, -0.05) is 0 Å². The molecule has 0 radical (unpaired) electrons. The van der Waals surface area contributed by atoms with Crippen molar-refractivity contribution in [2.24, 2.45) is 0 Å². The highest BCUT2D eigenvalue weighted by Gasteiger charge is 2.30. The fourth-order valence-electron chi connectivity index (χ4n) is 4.47. The summed E-state index contributed by atoms with van der Waals surface area (Å²) in [6, 6.07) is 4.52. The van der Waals surface area contributed by atoms with E-state index in [9.17, 15) is 4.39 Å². The molecule has 1 saturated carbocycles. The van der Waals surface area contributed by atoms with Crippen molar-refractivity contribution < 1.29 is 9.13 Å². The average molecular weight is 349 g/mol. The molecular formula is C20H32FN3O. The molecule has 1 heterocycles. The number of hydrogen-bond acceptors (Lipinski definition) is 4. The van der Waals surface area contributed by atoms with E-state index >= 15 is 0 Å². The second kappa shape index (κ2) is 7.92. The van der Waals surface area contributed by atoms with E-state index in [0.717, 1.165) is 37.7 Å². The van der Waals surface area contributed by atoms with Crippen LogP contribution in [-0.4, -0.2) is 50.3 Å². The predicted molar refractivity (Wildman–Crippen MR) is 102 cm³/mol. The Balaban J connectivity index is 1.56. The number of ether oxygens (including phenoxy) is 1. The third kappa shape index (κ3) is 4.09. The number of methoxy groups -OCH3 is 1. The second-order valence-electron chi connectivity index (χ2n) is 7.70. The summed E-state index contributed by atoms with van der Waals surface area (Å²) in [5, 5.41) is 0. The van der Waals surface area contributed by atoms with Gasteiger partial charge >= 0.3 is 0 Å². The standard InChI is InChI=1S/C20H32FN3O/c1-14-12-20(19(22)13-18(14)21)23(2)15-8-10-24(11-9-15)16-4-6-17(25-3)7-5-16/h12-13,15-17H,4-11,22H2,1-3H3. The summed E-state index contributed by atoms with van der Waals surface area (Å²) in [5.74, 6) is -0.226. The fourth-order valence-corrected chi connectivity index (χ4v) is 4.47. The SMILES string of the molecule is COC1CCC(N2CCC(N(C)c3cc(C)c(F)cc3N)CC2)CC1. The lowest BCUT2D eigenvalue weighted by atomic mass is 9.90. The zero-order chi connectivity index (χ0) is 18.0. The van der Waals surface area contributed by atoms with Crippen LogP contribution < -0.4 is 10.6 Å². The number of piperidine rings is 1. The lowest BCUT2D eigenvalue weighted by molar-refractivity contribution is 0.0322. The average Bonchev–Trinajstić information content (AvgIpc) is 2.64. The summed E-state index contributed by atoms with van der Waals surface area (Å²) in [4.78, 5) is 4.91. The van der Waals surface area contributed by atoms with Gasteiger partial charge in [-0.25, -0.2) is 4.39 Å². The van der Waals surface area contributed by atoms with Crippen LogP contribution in [0, 0.1) is 12.7 Å². The molecule has 2 fully saturated rings. The molecule has 2 N–H and O–H groups in total. The first-order valence-corrected chi connectivity index (χ1v) is 9.55. The number of rotatable bonds is 4. The molecule has 0 atom stereocenters. The highest BCUT2D eigenvalue weighted by Crippen LogP contribution is 2.32. The first kappa shape index (κ1) is 18.5. The Kier molecular flexibility index (Phi) is 5.85. The smallest absolute Gasteiger partial charge is 0.128 e. The molecule has 1 aliphatic heterocycles. The molecular weight excluding hydrogens is 317 g/mol. The van der Waals surface area contributed by atoms with Crippen molar-refractivity contribution in [1.29, 1.82) is 0 Å². The second-order valence-corrected chi connectivity index (χ2v) is 7.70. The molecule has 0 amide bonds. The molecule has 2 aliphatic rings. The van der Waals surface area contributed by atoms with Crippen molar-refractivity contribution in [3.8, 4) is 0 Å². The molecule has 0 spiro atoms. The van der Waals surface area contributed by atoms with Gasteiger partial charge in [0.15, 0.2) is 0 Å². The molecule has 0 unspecified atom stereocenters. The van der Waals surface area contributed by atoms with E-state index in [0.29, 0.717) is 23.4 Å². The van der Waals surface area contributed by atoms with Gasteiger partial charge in [0.05, 0.1) is 17.5 Å². The van der Waals surface area contributed by atoms with Gasteiger partial charge in [-0.05, 0) is 63.1 Å². The topological polar surface area (TPSA) is 41.7 Å². The lowest BCUT2D eigenvalue weighted by Gasteiger charge is -2.43. The summed E-state index contributed by atoms with van der Waals surface area (Å²) in [6.45, 7) is 4.07. The van der Waals surface area contributed by atoms with Crippen LogP contribution in [-0.2, 0) is 4.74 Å². The van der Waals surface area contributed by atoms with Gasteiger partial charge < -0.3 is 20.3 Å². The summed E-state index contributed by atoms with van der Waals surface area (Å²) in [5.41, 5.74) is 8.21. The molecule has 0 aromatic heterocycles. The Bertz CT molecular complexity index is 579. The molecule has 1 aliphatic carbocycles. The number of nitrogens with two attached hydrogens (primary N) is 1. The van der Waals surface area contributed by atoms with E-state index < -0.39 is 0 Å². The minimum absolute atomic E-state index is 0.226. The van der Waals surface area contributed by atoms with E-state index in [1.54, 1.807) is 6.92 Å². The van der Waals surface area contributed by atoms with Gasteiger partial charge in [-0.2, -0.15) is 0 Å². The number of halogens is 1. The Labute approximate surface area is 151 Å². The number of hydrogen-bond donors (Lipinski definition) is 1. The number of benzene rings is 1. The maximum Gasteiger partial charge on any atom is 0.128 e. The minimum atomic E-state index is -0.226. The third-order valence-corrected chi connectivity index (χ3v) is 6.23. The normalized spacial score (nSPS) is 25.9. The molecule has 1 aromatic carbocycles. The maximum atomic E-state index is 13.7. The highest BCUT2D eigenvalue weighted by atomic mass is 19.1. The first-order chi connectivity index (χ1) is 12.0. The summed E-state index contributed by atoms with van der Waals surface area (Å²) in [6.07, 6.45) is 7.61. The summed E-state index contributed by atoms with van der Waals surface area (Å²) >= 11 is 0. The quantitative estimate of drug-likeness (QED) is 0.844. The highest BCUT2D eigenvalue weighted by molar-refractivity contribution is 5.68. The van der Waals surface area contributed by atoms with Crippen LogP contribution in [0.2, 0.25) is 0 Å². The molecule has 1 saturated heterocycles. The van der Waals surface area contributed by atoms with Crippen LogP contribution in [0.15, 0.2) is 12.1 Å². The Morgan fingerprint density at radius 1 is 1.12 bits per heavy atom. The minimum Gasteiger partial charge on any atom is -0.397 e. The van der Waals surface area contributed by atoms with Gasteiger partial charge in [0.25, 0.3) is 0 Å². The fraction of sp³-hybridized carbons (Fsp3) is 0.700. The van der Waals surface area contributed by atoms with Crippen LogP contribution >= 0.6 is 0 Å². The van der Waals surface area contributed by atoms with E-state index in [1.807, 2.05) is 13.2 Å². The third-order valence-electron chi connectivity index (χ3n) is 6.23. The van der Waals surface area contributed by atoms with Crippen molar-refractivity contribution in [3.05, 3.63) is 23.5 Å². The van der Waals surface area contributed by atoms with E-state index in [2.05, 4.69) is 16.8 Å². The molecule has 25 heavy (non-hydrogen) atoms. The van der Waals surface area contributed by atoms with Crippen LogP contribution in [0.4, 0.5) is 15.8 Å². The van der Waals surface area contributed by atoms with Gasteiger partial charge in [0.1, 0.15) is 5.82 Å². The number of likely N-dealkylation sites (tertiary alicyclic amines) is 1. The lowest BCUT2D eigenvalue weighted by Crippen LogP contribution is -2.48. The van der Waals surface area contributed by atoms with E-state index in [1.165, 1.54) is 31.7 Å². The number of aryl methyl sites for hydroxylation is 1. The van der Waals surface area contributed by atoms with Crippen molar-refractivity contribution in [2.75, 3.05) is 37.9 Å². The predicted octanol–water partition coefficient (Wildman–Crippen LogP) is 3.57. The van der Waals surface area contributed by atoms with E-state index in [-0.39, 0.29) is 5.82 Å². The van der Waals surface area contributed by atoms with Gasteiger partial charge in [-0.3, -0.25) is 0 Å². The van der Waals surface area contributed by atoms with Gasteiger partial charge in [0.2, 0.25) is 0 Å². The molecule has 3 rings (SSSR count). The van der Waals surface area contributed by atoms with Crippen molar-refractivity contribution in [2.45, 2.75) is 63.6 Å². The molecule has 4 nitrogen and oxygen atoms in total. The summed E-state index contributed by atoms with van der Waals surface area (Å²) < 4.78 is 19.2. The van der Waals surface area contributed by atoms with Crippen LogP contribution in [0.5, 0.6) is 0 Å². The Hall–Kier alpha value is -1.33. The number of anilines is 2. The molecule has 5 heteroatoms. The zero-order valence-corrected chi connectivity index (χ0v) is 15.8. The van der Waals surface area contributed by atoms with Gasteiger partial charge in [0, 0.05) is 39.3 Å². The van der Waals surface area contributed by atoms with Crippen molar-refractivity contribution >= 4 is 11.4 Å². The monoisotopic (exact) mass is 349 g/mol. The van der Waals surface area contributed by atoms with Crippen LogP contribution in [0.3, 0.4) is 0 Å². The van der Waals surface area contributed by atoms with Crippen molar-refractivity contribution in [3.63, 3.8) is 0 Å². The summed E-state index contributed by atoms with van der Waals surface area (Å²) in [7, 11) is 3.92. The largest absolute Gasteiger partial charge is 0.397 e. The first-order valence-electron chi connectivity index (χ1n) is 9.55. The number of nitrogen functional groups attached to an aromatic ring is 1. The molecule has 0 bridgehead atoms. The molecule has 1 aromatic rings. The maximum absolute atomic E-state index is 13.7. The van der Waals surface area contributed by atoms with Crippen LogP contribution in [0.25, 0.3) is 0 Å². The van der Waals surface area contributed by atoms with Crippen molar-refractivity contribution in [1.82, 2.24) is 4.90 Å². The van der Waals surface area contributed by atoms with Gasteiger partial charge in [-0.15, -0.1) is 0 Å². The zero-order valence-electron chi connectivity index (χ0n) is 15.8. The van der Waals surface area contributed by atoms with Crippen LogP contribution in [0.1, 0.15) is 44.1 Å². The Morgan fingerprint density at radius 2 is 1.76 bits per heavy atom.